The first-order valence-corrected chi connectivity index (χ1v) is 17.0. The molecule has 3 N–H and O–H groups in total. The smallest absolute Gasteiger partial charge is 0.410 e. The Morgan fingerprint density at radius 1 is 1.04 bits per heavy atom. The number of piperidine rings is 1. The first-order chi connectivity index (χ1) is 22.4. The molecule has 1 aromatic heterocycles. The minimum absolute atomic E-state index is 0.222. The van der Waals surface area contributed by atoms with Crippen molar-refractivity contribution < 1.29 is 23.0 Å². The van der Waals surface area contributed by atoms with Gasteiger partial charge in [-0.05, 0) is 57.9 Å². The number of amides is 1. The maximum Gasteiger partial charge on any atom is 0.410 e. The zero-order valence-electron chi connectivity index (χ0n) is 27.4. The summed E-state index contributed by atoms with van der Waals surface area (Å²) in [6.45, 7) is 10.8. The van der Waals surface area contributed by atoms with Crippen molar-refractivity contribution in [1.82, 2.24) is 19.8 Å². The molecule has 2 aromatic carbocycles. The summed E-state index contributed by atoms with van der Waals surface area (Å²) < 4.78 is 33.8. The van der Waals surface area contributed by atoms with Crippen LogP contribution >= 0.6 is 11.6 Å². The summed E-state index contributed by atoms with van der Waals surface area (Å²) in [6, 6.07) is 13.5. The highest BCUT2D eigenvalue weighted by atomic mass is 35.5. The maximum atomic E-state index is 12.5. The van der Waals surface area contributed by atoms with Crippen LogP contribution in [0.1, 0.15) is 33.6 Å². The fraction of sp³-hybridized carbons (Fsp3) is 0.469. The van der Waals surface area contributed by atoms with Gasteiger partial charge < -0.3 is 29.9 Å². The molecule has 254 valence electrons. The van der Waals surface area contributed by atoms with E-state index >= 15 is 0 Å². The molecule has 1 unspecified atom stereocenters. The molecule has 15 heteroatoms. The quantitative estimate of drug-likeness (QED) is 0.239. The Kier molecular flexibility index (Phi) is 11.0. The van der Waals surface area contributed by atoms with Gasteiger partial charge in [0, 0.05) is 64.1 Å². The molecule has 0 radical (unpaired) electrons. The number of benzene rings is 2. The SMILES string of the molecule is COc1cc(N2CCN(C3CCN(C(=O)OC(C)(C)C)CC3)CC2)ccc1Nc1ncc(Cl)c(Nc2ccccc2N(C)S(=O)O)n1. The van der Waals surface area contributed by atoms with E-state index in [4.69, 9.17) is 21.1 Å². The van der Waals surface area contributed by atoms with Crippen molar-refractivity contribution in [2.75, 3.05) is 73.3 Å². The number of ether oxygens (including phenoxy) is 2. The topological polar surface area (TPSA) is 136 Å². The lowest BCUT2D eigenvalue weighted by Crippen LogP contribution is -2.54. The Hall–Kier alpha value is -3.85. The third kappa shape index (κ3) is 8.74. The van der Waals surface area contributed by atoms with Crippen molar-refractivity contribution in [2.45, 2.75) is 45.3 Å². The number of para-hydroxylation sites is 2. The molecule has 0 saturated carbocycles. The summed E-state index contributed by atoms with van der Waals surface area (Å²) in [6.07, 6.45) is 3.16. The highest BCUT2D eigenvalue weighted by molar-refractivity contribution is 7.80. The zero-order valence-corrected chi connectivity index (χ0v) is 29.0. The van der Waals surface area contributed by atoms with E-state index < -0.39 is 16.9 Å². The molecule has 5 rings (SSSR count). The van der Waals surface area contributed by atoms with Crippen molar-refractivity contribution >= 4 is 63.5 Å². The van der Waals surface area contributed by atoms with Crippen LogP contribution in [0.4, 0.5) is 39.3 Å². The van der Waals surface area contributed by atoms with Crippen LogP contribution in [0.2, 0.25) is 5.02 Å². The summed E-state index contributed by atoms with van der Waals surface area (Å²) >= 11 is 4.21. The number of piperazine rings is 1. The molecule has 0 aliphatic carbocycles. The Labute approximate surface area is 283 Å². The molecule has 0 spiro atoms. The molecule has 1 amide bonds. The molecule has 3 heterocycles. The summed E-state index contributed by atoms with van der Waals surface area (Å²) in [5.74, 6) is 1.27. The van der Waals surface area contributed by atoms with Gasteiger partial charge >= 0.3 is 6.09 Å². The zero-order chi connectivity index (χ0) is 33.7. The first-order valence-electron chi connectivity index (χ1n) is 15.6. The molecule has 13 nitrogen and oxygen atoms in total. The third-order valence-electron chi connectivity index (χ3n) is 8.22. The second-order valence-corrected chi connectivity index (χ2v) is 13.9. The minimum atomic E-state index is -2.20. The monoisotopic (exact) mass is 686 g/mol. The van der Waals surface area contributed by atoms with E-state index in [1.165, 1.54) is 17.5 Å². The van der Waals surface area contributed by atoms with E-state index in [0.717, 1.165) is 57.8 Å². The molecule has 3 aromatic rings. The van der Waals surface area contributed by atoms with Gasteiger partial charge in [-0.25, -0.2) is 14.0 Å². The van der Waals surface area contributed by atoms with Gasteiger partial charge in [0.25, 0.3) is 11.3 Å². The third-order valence-corrected chi connectivity index (χ3v) is 9.16. The lowest BCUT2D eigenvalue weighted by Gasteiger charge is -2.43. The summed E-state index contributed by atoms with van der Waals surface area (Å²) in [5.41, 5.74) is 2.32. The molecule has 2 saturated heterocycles. The highest BCUT2D eigenvalue weighted by Gasteiger charge is 2.31. The second kappa shape index (κ2) is 14.9. The summed E-state index contributed by atoms with van der Waals surface area (Å²) in [7, 11) is 3.14. The maximum absolute atomic E-state index is 12.5. The number of methoxy groups -OCH3 is 1. The number of hydrogen-bond acceptors (Lipinski definition) is 10. The molecule has 1 atom stereocenters. The van der Waals surface area contributed by atoms with Crippen LogP contribution in [-0.4, -0.2) is 99.7 Å². The van der Waals surface area contributed by atoms with Crippen LogP contribution in [0.15, 0.2) is 48.7 Å². The van der Waals surface area contributed by atoms with Gasteiger partial charge in [-0.2, -0.15) is 4.98 Å². The Morgan fingerprint density at radius 2 is 1.74 bits per heavy atom. The number of halogens is 1. The Bertz CT molecular complexity index is 1580. The van der Waals surface area contributed by atoms with E-state index in [-0.39, 0.29) is 11.1 Å². The van der Waals surface area contributed by atoms with E-state index in [1.807, 2.05) is 37.8 Å². The molecule has 47 heavy (non-hydrogen) atoms. The second-order valence-electron chi connectivity index (χ2n) is 12.5. The van der Waals surface area contributed by atoms with Crippen molar-refractivity contribution in [3.63, 3.8) is 0 Å². The van der Waals surface area contributed by atoms with Crippen molar-refractivity contribution in [2.24, 2.45) is 0 Å². The number of hydrogen-bond donors (Lipinski definition) is 3. The van der Waals surface area contributed by atoms with Gasteiger partial charge in [0.2, 0.25) is 5.95 Å². The fourth-order valence-electron chi connectivity index (χ4n) is 5.77. The molecule has 2 aliphatic rings. The number of carbonyl (C=O) groups is 1. The van der Waals surface area contributed by atoms with E-state index in [1.54, 1.807) is 31.4 Å². The van der Waals surface area contributed by atoms with Gasteiger partial charge in [-0.1, -0.05) is 23.7 Å². The van der Waals surface area contributed by atoms with Gasteiger partial charge in [0.05, 0.1) is 30.4 Å². The number of nitrogens with one attached hydrogen (secondary N) is 2. The van der Waals surface area contributed by atoms with Gasteiger partial charge in [0.1, 0.15) is 16.4 Å². The van der Waals surface area contributed by atoms with Crippen LogP contribution < -0.4 is 24.6 Å². The molecular formula is C32H43ClN8O5S. The molecular weight excluding hydrogens is 644 g/mol. The van der Waals surface area contributed by atoms with Gasteiger partial charge in [-0.15, -0.1) is 0 Å². The van der Waals surface area contributed by atoms with Crippen molar-refractivity contribution in [3.05, 3.63) is 53.7 Å². The predicted octanol–water partition coefficient (Wildman–Crippen LogP) is 5.72. The van der Waals surface area contributed by atoms with Crippen LogP contribution in [0.3, 0.4) is 0 Å². The Balaban J connectivity index is 1.19. The van der Waals surface area contributed by atoms with Crippen LogP contribution in [-0.2, 0) is 16.0 Å². The lowest BCUT2D eigenvalue weighted by molar-refractivity contribution is 0.0140. The predicted molar refractivity (Wildman–Crippen MR) is 187 cm³/mol. The van der Waals surface area contributed by atoms with E-state index in [9.17, 15) is 13.6 Å². The lowest BCUT2D eigenvalue weighted by atomic mass is 10.0. The number of nitrogens with zero attached hydrogens (tertiary/aromatic N) is 6. The standard InChI is InChI=1S/C32H43ClN8O5S/c1-32(2,3)46-31(42)41-14-12-22(13-15-41)39-16-18-40(19-17-39)23-10-11-26(28(20-23)45-5)36-30-34-21-24(33)29(37-30)35-25-8-6-7-9-27(25)38(4)47(43)44/h6-11,20-22H,12-19H2,1-5H3,(H,43,44)(H2,34,35,36,37). The largest absolute Gasteiger partial charge is 0.494 e. The minimum Gasteiger partial charge on any atom is -0.494 e. The molecule has 0 bridgehead atoms. The van der Waals surface area contributed by atoms with Gasteiger partial charge in [0.15, 0.2) is 5.82 Å². The normalized spacial score (nSPS) is 16.8. The number of rotatable bonds is 9. The van der Waals surface area contributed by atoms with E-state index in [0.29, 0.717) is 40.6 Å². The summed E-state index contributed by atoms with van der Waals surface area (Å²) in [4.78, 5) is 28.1. The van der Waals surface area contributed by atoms with Crippen LogP contribution in [0, 0.1) is 0 Å². The van der Waals surface area contributed by atoms with Gasteiger partial charge in [-0.3, -0.25) is 13.8 Å². The summed E-state index contributed by atoms with van der Waals surface area (Å²) in [5, 5.41) is 6.66. The van der Waals surface area contributed by atoms with Crippen LogP contribution in [0.25, 0.3) is 0 Å². The van der Waals surface area contributed by atoms with Crippen LogP contribution in [0.5, 0.6) is 5.75 Å². The first kappa shape index (κ1) is 34.5. The van der Waals surface area contributed by atoms with Crippen molar-refractivity contribution in [1.29, 1.82) is 0 Å². The molecule has 2 aliphatic heterocycles. The number of anilines is 6. The fourth-order valence-corrected chi connectivity index (χ4v) is 6.23. The average Bonchev–Trinajstić information content (AvgIpc) is 3.05. The number of likely N-dealkylation sites (tertiary alicyclic amines) is 1. The van der Waals surface area contributed by atoms with Crippen molar-refractivity contribution in [3.8, 4) is 5.75 Å². The Morgan fingerprint density at radius 3 is 2.40 bits per heavy atom. The average molecular weight is 687 g/mol. The molecule has 2 fully saturated rings. The highest BCUT2D eigenvalue weighted by Crippen LogP contribution is 2.34. The number of carbonyl (C=O) groups excluding carboxylic acids is 1. The number of aromatic nitrogens is 2. The van der Waals surface area contributed by atoms with E-state index in [2.05, 4.69) is 36.5 Å².